The van der Waals surface area contributed by atoms with E-state index in [1.54, 1.807) is 5.57 Å². The molecule has 0 bridgehead atoms. The number of benzene rings is 1. The van der Waals surface area contributed by atoms with Gasteiger partial charge in [0.2, 0.25) is 0 Å². The molecule has 1 aromatic rings. The van der Waals surface area contributed by atoms with E-state index < -0.39 is 0 Å². The number of allylic oxidation sites excluding steroid dienone is 1. The van der Waals surface area contributed by atoms with Crippen LogP contribution in [0.2, 0.25) is 0 Å². The van der Waals surface area contributed by atoms with Crippen LogP contribution in [0.3, 0.4) is 0 Å². The molecule has 1 nitrogen and oxygen atoms in total. The Labute approximate surface area is 125 Å². The molecule has 0 aliphatic heterocycles. The Hall–Kier alpha value is -0.600. The molecular formula is C17H24BrN. The third kappa shape index (κ3) is 3.93. The van der Waals surface area contributed by atoms with Crippen molar-refractivity contribution in [3.05, 3.63) is 45.4 Å². The Bertz CT molecular complexity index is 451. The number of rotatable bonds is 3. The summed E-state index contributed by atoms with van der Waals surface area (Å²) in [4.78, 5) is 0. The molecule has 0 fully saturated rings. The van der Waals surface area contributed by atoms with Gasteiger partial charge < -0.3 is 5.32 Å². The van der Waals surface area contributed by atoms with E-state index in [4.69, 9.17) is 0 Å². The van der Waals surface area contributed by atoms with Crippen LogP contribution in [0.15, 0.2) is 34.3 Å². The largest absolute Gasteiger partial charge is 0.310 e. The minimum absolute atomic E-state index is 0.354. The van der Waals surface area contributed by atoms with Gasteiger partial charge in [-0.2, -0.15) is 0 Å². The van der Waals surface area contributed by atoms with Gasteiger partial charge in [-0.25, -0.2) is 0 Å². The zero-order valence-electron chi connectivity index (χ0n) is 12.0. The second kappa shape index (κ2) is 7.25. The van der Waals surface area contributed by atoms with Crippen LogP contribution in [0, 0.1) is 6.92 Å². The minimum atomic E-state index is 0.354. The van der Waals surface area contributed by atoms with Crippen LogP contribution in [0.4, 0.5) is 0 Å². The molecule has 0 aromatic heterocycles. The Balaban J connectivity index is 2.29. The Morgan fingerprint density at radius 2 is 1.95 bits per heavy atom. The molecule has 19 heavy (non-hydrogen) atoms. The average molecular weight is 322 g/mol. The fourth-order valence-electron chi connectivity index (χ4n) is 2.90. The summed E-state index contributed by atoms with van der Waals surface area (Å²) in [5, 5.41) is 3.51. The first-order valence-electron chi connectivity index (χ1n) is 7.34. The average Bonchev–Trinajstić information content (AvgIpc) is 2.36. The Morgan fingerprint density at radius 1 is 1.16 bits per heavy atom. The van der Waals surface area contributed by atoms with Crippen molar-refractivity contribution < 1.29 is 0 Å². The fraction of sp³-hybridized carbons (Fsp3) is 0.529. The number of hydrogen-bond donors (Lipinski definition) is 1. The van der Waals surface area contributed by atoms with Gasteiger partial charge in [0.1, 0.15) is 0 Å². The molecule has 2 rings (SSSR count). The lowest BCUT2D eigenvalue weighted by Gasteiger charge is -2.23. The first-order valence-corrected chi connectivity index (χ1v) is 8.14. The minimum Gasteiger partial charge on any atom is -0.310 e. The van der Waals surface area contributed by atoms with Crippen molar-refractivity contribution >= 4 is 15.9 Å². The van der Waals surface area contributed by atoms with Crippen LogP contribution in [0.1, 0.15) is 55.7 Å². The quantitative estimate of drug-likeness (QED) is 0.745. The van der Waals surface area contributed by atoms with Gasteiger partial charge in [-0.3, -0.25) is 0 Å². The number of aryl methyl sites for hydroxylation is 1. The number of nitrogens with one attached hydrogen (secondary N) is 1. The topological polar surface area (TPSA) is 12.0 Å². The van der Waals surface area contributed by atoms with Crippen LogP contribution >= 0.6 is 15.9 Å². The lowest BCUT2D eigenvalue weighted by Crippen LogP contribution is -2.20. The molecule has 0 amide bonds. The Kier molecular flexibility index (Phi) is 5.65. The van der Waals surface area contributed by atoms with Crippen molar-refractivity contribution in [3.8, 4) is 0 Å². The van der Waals surface area contributed by atoms with Gasteiger partial charge in [0.25, 0.3) is 0 Å². The van der Waals surface area contributed by atoms with E-state index in [9.17, 15) is 0 Å². The maximum atomic E-state index is 3.71. The monoisotopic (exact) mass is 321 g/mol. The molecule has 1 N–H and O–H groups in total. The van der Waals surface area contributed by atoms with E-state index >= 15 is 0 Å². The van der Waals surface area contributed by atoms with Gasteiger partial charge in [-0.05, 0) is 51.3 Å². The van der Waals surface area contributed by atoms with Crippen molar-refractivity contribution in [1.82, 2.24) is 5.32 Å². The van der Waals surface area contributed by atoms with Crippen molar-refractivity contribution in [3.63, 3.8) is 0 Å². The third-order valence-electron chi connectivity index (χ3n) is 3.95. The zero-order chi connectivity index (χ0) is 13.7. The Morgan fingerprint density at radius 3 is 2.74 bits per heavy atom. The summed E-state index contributed by atoms with van der Waals surface area (Å²) < 4.78 is 1.21. The maximum absolute atomic E-state index is 3.71. The lowest BCUT2D eigenvalue weighted by atomic mass is 9.90. The van der Waals surface area contributed by atoms with Gasteiger partial charge >= 0.3 is 0 Å². The second-order valence-electron chi connectivity index (χ2n) is 5.48. The predicted molar refractivity (Wildman–Crippen MR) is 86.5 cm³/mol. The molecule has 0 saturated carbocycles. The fourth-order valence-corrected chi connectivity index (χ4v) is 3.38. The highest BCUT2D eigenvalue weighted by atomic mass is 79.9. The van der Waals surface area contributed by atoms with Gasteiger partial charge in [-0.1, -0.05) is 58.1 Å². The van der Waals surface area contributed by atoms with Gasteiger partial charge in [0.15, 0.2) is 0 Å². The normalized spacial score (nSPS) is 21.1. The summed E-state index contributed by atoms with van der Waals surface area (Å²) in [5.41, 5.74) is 4.26. The van der Waals surface area contributed by atoms with Crippen LogP contribution in [-0.2, 0) is 0 Å². The van der Waals surface area contributed by atoms with Gasteiger partial charge in [0.05, 0.1) is 6.04 Å². The van der Waals surface area contributed by atoms with E-state index in [0.29, 0.717) is 6.04 Å². The summed E-state index contributed by atoms with van der Waals surface area (Å²) in [6, 6.07) is 6.98. The lowest BCUT2D eigenvalue weighted by molar-refractivity contribution is 0.573. The molecule has 1 unspecified atom stereocenters. The molecule has 0 radical (unpaired) electrons. The van der Waals surface area contributed by atoms with E-state index in [1.807, 2.05) is 0 Å². The van der Waals surface area contributed by atoms with Gasteiger partial charge in [0, 0.05) is 4.47 Å². The predicted octanol–water partition coefficient (Wildman–Crippen LogP) is 5.30. The zero-order valence-corrected chi connectivity index (χ0v) is 13.6. The van der Waals surface area contributed by atoms with E-state index in [1.165, 1.54) is 54.1 Å². The summed E-state index contributed by atoms with van der Waals surface area (Å²) in [5.74, 6) is 0. The standard InChI is InChI=1S/C17H24BrN/c1-13-10-11-16(18)15(12-13)17(19-2)14-8-6-4-3-5-7-9-14/h8,10-12,17,19H,3-7,9H2,1-2H3/b14-8+. The van der Waals surface area contributed by atoms with Gasteiger partial charge in [-0.15, -0.1) is 0 Å². The molecule has 0 spiro atoms. The molecule has 1 atom stereocenters. The third-order valence-corrected chi connectivity index (χ3v) is 4.67. The molecule has 0 saturated heterocycles. The highest BCUT2D eigenvalue weighted by Crippen LogP contribution is 2.33. The van der Waals surface area contributed by atoms with Crippen molar-refractivity contribution in [2.24, 2.45) is 0 Å². The SMILES string of the molecule is CNC(/C1=C/CCCCCC1)c1cc(C)ccc1Br. The number of halogens is 1. The molecule has 104 valence electrons. The van der Waals surface area contributed by atoms with Crippen molar-refractivity contribution in [1.29, 1.82) is 0 Å². The highest BCUT2D eigenvalue weighted by molar-refractivity contribution is 9.10. The maximum Gasteiger partial charge on any atom is 0.0544 e. The molecule has 1 aliphatic rings. The van der Waals surface area contributed by atoms with Crippen LogP contribution in [0.5, 0.6) is 0 Å². The van der Waals surface area contributed by atoms with E-state index in [-0.39, 0.29) is 0 Å². The van der Waals surface area contributed by atoms with Crippen molar-refractivity contribution in [2.45, 2.75) is 51.5 Å². The first-order chi connectivity index (χ1) is 9.22. The highest BCUT2D eigenvalue weighted by Gasteiger charge is 2.17. The molecule has 1 aliphatic carbocycles. The van der Waals surface area contributed by atoms with Crippen LogP contribution in [-0.4, -0.2) is 7.05 Å². The van der Waals surface area contributed by atoms with E-state index in [0.717, 1.165) is 0 Å². The molecule has 2 heteroatoms. The van der Waals surface area contributed by atoms with Crippen molar-refractivity contribution in [2.75, 3.05) is 7.05 Å². The summed E-state index contributed by atoms with van der Waals surface area (Å²) in [6.07, 6.45) is 10.4. The number of likely N-dealkylation sites (N-methyl/N-ethyl adjacent to an activating group) is 1. The molecule has 0 heterocycles. The summed E-state index contributed by atoms with van der Waals surface area (Å²) >= 11 is 3.71. The summed E-state index contributed by atoms with van der Waals surface area (Å²) in [7, 11) is 2.07. The first kappa shape index (κ1) is 14.8. The number of hydrogen-bond acceptors (Lipinski definition) is 1. The van der Waals surface area contributed by atoms with Crippen LogP contribution < -0.4 is 5.32 Å². The second-order valence-corrected chi connectivity index (χ2v) is 6.33. The molecular weight excluding hydrogens is 298 g/mol. The van der Waals surface area contributed by atoms with E-state index in [2.05, 4.69) is 59.5 Å². The smallest absolute Gasteiger partial charge is 0.0544 e. The summed E-state index contributed by atoms with van der Waals surface area (Å²) in [6.45, 7) is 2.16. The molecule has 1 aromatic carbocycles. The van der Waals surface area contributed by atoms with Crippen LogP contribution in [0.25, 0.3) is 0 Å².